The minimum Gasteiger partial charge on any atom is -0.351 e. The molecule has 26 heavy (non-hydrogen) atoms. The van der Waals surface area contributed by atoms with Crippen molar-refractivity contribution >= 4 is 28.8 Å². The molecule has 4 rings (SSSR count). The molecule has 4 nitrogen and oxygen atoms in total. The van der Waals surface area contributed by atoms with Gasteiger partial charge >= 0.3 is 0 Å². The Balaban J connectivity index is 1.21. The fourth-order valence-corrected chi connectivity index (χ4v) is 4.65. The first-order valence-electron chi connectivity index (χ1n) is 9.38. The van der Waals surface area contributed by atoms with Gasteiger partial charge in [-0.1, -0.05) is 29.8 Å². The highest BCUT2D eigenvalue weighted by atomic mass is 35.5. The van der Waals surface area contributed by atoms with Gasteiger partial charge < -0.3 is 5.32 Å². The van der Waals surface area contributed by atoms with Gasteiger partial charge in [0.15, 0.2) is 0 Å². The Kier molecular flexibility index (Phi) is 5.57. The molecule has 2 aromatic rings. The topological polar surface area (TPSA) is 45.2 Å². The van der Waals surface area contributed by atoms with Crippen molar-refractivity contribution in [1.29, 1.82) is 0 Å². The highest BCUT2D eigenvalue weighted by Crippen LogP contribution is 2.41. The average Bonchev–Trinajstić information content (AvgIpc) is 3.39. The second kappa shape index (κ2) is 8.07. The number of nitrogens with one attached hydrogen (secondary N) is 1. The SMILES string of the molecule is O=C(NCC1CCN(Cc2ccccc2Cl)CC1)c1cnc(C2CC2)s1. The van der Waals surface area contributed by atoms with Crippen LogP contribution in [0.4, 0.5) is 0 Å². The molecule has 1 aromatic carbocycles. The summed E-state index contributed by atoms with van der Waals surface area (Å²) in [5.41, 5.74) is 1.19. The summed E-state index contributed by atoms with van der Waals surface area (Å²) < 4.78 is 0. The number of amides is 1. The maximum atomic E-state index is 12.3. The number of hydrogen-bond acceptors (Lipinski definition) is 4. The molecule has 0 atom stereocenters. The van der Waals surface area contributed by atoms with Crippen LogP contribution in [0.5, 0.6) is 0 Å². The molecule has 1 aliphatic carbocycles. The third-order valence-corrected chi connectivity index (χ3v) is 6.81. The van der Waals surface area contributed by atoms with Crippen molar-refractivity contribution in [2.75, 3.05) is 19.6 Å². The lowest BCUT2D eigenvalue weighted by Crippen LogP contribution is -2.38. The molecule has 2 heterocycles. The summed E-state index contributed by atoms with van der Waals surface area (Å²) in [6.45, 7) is 3.77. The zero-order chi connectivity index (χ0) is 17.9. The number of halogens is 1. The number of nitrogens with zero attached hydrogens (tertiary/aromatic N) is 2. The van der Waals surface area contributed by atoms with E-state index in [1.807, 2.05) is 18.2 Å². The van der Waals surface area contributed by atoms with Crippen LogP contribution in [0, 0.1) is 5.92 Å². The van der Waals surface area contributed by atoms with Crippen LogP contribution in [0.15, 0.2) is 30.5 Å². The molecule has 1 aliphatic heterocycles. The van der Waals surface area contributed by atoms with E-state index in [0.29, 0.717) is 11.8 Å². The minimum atomic E-state index is 0.0351. The van der Waals surface area contributed by atoms with Crippen molar-refractivity contribution in [2.45, 2.75) is 38.1 Å². The van der Waals surface area contributed by atoms with Crippen LogP contribution in [-0.4, -0.2) is 35.4 Å². The van der Waals surface area contributed by atoms with Gasteiger partial charge in [-0.2, -0.15) is 0 Å². The third-order valence-electron chi connectivity index (χ3n) is 5.28. The van der Waals surface area contributed by atoms with Gasteiger partial charge in [-0.15, -0.1) is 11.3 Å². The lowest BCUT2D eigenvalue weighted by Gasteiger charge is -2.32. The van der Waals surface area contributed by atoms with Crippen molar-refractivity contribution in [3.63, 3.8) is 0 Å². The molecule has 6 heteroatoms. The highest BCUT2D eigenvalue weighted by Gasteiger charge is 2.27. The van der Waals surface area contributed by atoms with Crippen molar-refractivity contribution in [3.05, 3.63) is 50.9 Å². The first-order valence-corrected chi connectivity index (χ1v) is 10.6. The number of likely N-dealkylation sites (tertiary alicyclic amines) is 1. The first-order chi connectivity index (χ1) is 12.7. The zero-order valence-electron chi connectivity index (χ0n) is 14.8. The molecule has 2 aliphatic rings. The fraction of sp³-hybridized carbons (Fsp3) is 0.500. The summed E-state index contributed by atoms with van der Waals surface area (Å²) in [6, 6.07) is 8.06. The number of thiazole rings is 1. The molecule has 1 aromatic heterocycles. The monoisotopic (exact) mass is 389 g/mol. The van der Waals surface area contributed by atoms with Gasteiger partial charge in [-0.05, 0) is 56.3 Å². The Morgan fingerprint density at radius 2 is 2.00 bits per heavy atom. The van der Waals surface area contributed by atoms with Gasteiger partial charge in [0.05, 0.1) is 11.2 Å². The molecule has 2 fully saturated rings. The predicted molar refractivity (Wildman–Crippen MR) is 106 cm³/mol. The molecule has 138 valence electrons. The summed E-state index contributed by atoms with van der Waals surface area (Å²) in [7, 11) is 0. The number of piperidine rings is 1. The zero-order valence-corrected chi connectivity index (χ0v) is 16.4. The first kappa shape index (κ1) is 18.0. The van der Waals surface area contributed by atoms with Gasteiger partial charge in [0, 0.05) is 24.0 Å². The van der Waals surface area contributed by atoms with Crippen LogP contribution in [-0.2, 0) is 6.54 Å². The second-order valence-electron chi connectivity index (χ2n) is 7.36. The van der Waals surface area contributed by atoms with E-state index in [9.17, 15) is 4.79 Å². The molecule has 0 spiro atoms. The molecular weight excluding hydrogens is 366 g/mol. The van der Waals surface area contributed by atoms with Crippen LogP contribution in [0.2, 0.25) is 5.02 Å². The van der Waals surface area contributed by atoms with Crippen molar-refractivity contribution in [3.8, 4) is 0 Å². The Morgan fingerprint density at radius 3 is 2.73 bits per heavy atom. The molecular formula is C20H24ClN3OS. The van der Waals surface area contributed by atoms with Crippen LogP contribution < -0.4 is 5.32 Å². The lowest BCUT2D eigenvalue weighted by atomic mass is 9.96. The number of aromatic nitrogens is 1. The van der Waals surface area contributed by atoms with Gasteiger partial charge in [-0.3, -0.25) is 9.69 Å². The van der Waals surface area contributed by atoms with Crippen molar-refractivity contribution in [1.82, 2.24) is 15.2 Å². The van der Waals surface area contributed by atoms with Gasteiger partial charge in [0.2, 0.25) is 0 Å². The number of benzene rings is 1. The van der Waals surface area contributed by atoms with Crippen LogP contribution in [0.1, 0.15) is 51.8 Å². The number of carbonyl (C=O) groups excluding carboxylic acids is 1. The van der Waals surface area contributed by atoms with E-state index in [-0.39, 0.29) is 5.91 Å². The molecule has 1 saturated carbocycles. The van der Waals surface area contributed by atoms with Crippen LogP contribution in [0.3, 0.4) is 0 Å². The van der Waals surface area contributed by atoms with Crippen molar-refractivity contribution in [2.24, 2.45) is 5.92 Å². The quantitative estimate of drug-likeness (QED) is 0.800. The van der Waals surface area contributed by atoms with E-state index < -0.39 is 0 Å². The molecule has 0 bridgehead atoms. The van der Waals surface area contributed by atoms with Crippen LogP contribution in [0.25, 0.3) is 0 Å². The smallest absolute Gasteiger partial charge is 0.263 e. The normalized spacial score (nSPS) is 18.8. The van der Waals surface area contributed by atoms with E-state index in [4.69, 9.17) is 11.6 Å². The maximum Gasteiger partial charge on any atom is 0.263 e. The average molecular weight is 390 g/mol. The highest BCUT2D eigenvalue weighted by molar-refractivity contribution is 7.13. The second-order valence-corrected chi connectivity index (χ2v) is 8.83. The van der Waals surface area contributed by atoms with Gasteiger partial charge in [0.1, 0.15) is 4.88 Å². The van der Waals surface area contributed by atoms with E-state index in [1.165, 1.54) is 18.4 Å². The third kappa shape index (κ3) is 4.45. The summed E-state index contributed by atoms with van der Waals surface area (Å²) in [5, 5.41) is 5.08. The van der Waals surface area contributed by atoms with E-state index >= 15 is 0 Å². The minimum absolute atomic E-state index is 0.0351. The van der Waals surface area contributed by atoms with Crippen molar-refractivity contribution < 1.29 is 4.79 Å². The molecule has 1 saturated heterocycles. The van der Waals surface area contributed by atoms with E-state index in [1.54, 1.807) is 17.5 Å². The Labute approximate surface area is 163 Å². The van der Waals surface area contributed by atoms with Gasteiger partial charge in [0.25, 0.3) is 5.91 Å². The van der Waals surface area contributed by atoms with E-state index in [0.717, 1.165) is 53.9 Å². The molecule has 0 radical (unpaired) electrons. The Morgan fingerprint density at radius 1 is 1.23 bits per heavy atom. The molecule has 1 N–H and O–H groups in total. The number of hydrogen-bond donors (Lipinski definition) is 1. The van der Waals surface area contributed by atoms with Crippen LogP contribution >= 0.6 is 22.9 Å². The molecule has 0 unspecified atom stereocenters. The summed E-state index contributed by atoms with van der Waals surface area (Å²) >= 11 is 7.82. The number of carbonyl (C=O) groups is 1. The van der Waals surface area contributed by atoms with Gasteiger partial charge in [-0.25, -0.2) is 4.98 Å². The Hall–Kier alpha value is -1.43. The standard InChI is InChI=1S/C20H24ClN3OS/c21-17-4-2-1-3-16(17)13-24-9-7-14(8-10-24)11-22-19(25)18-12-23-20(26-18)15-5-6-15/h1-4,12,14-15H,5-11,13H2,(H,22,25). The summed E-state index contributed by atoms with van der Waals surface area (Å²) in [4.78, 5) is 19.9. The summed E-state index contributed by atoms with van der Waals surface area (Å²) in [6.07, 6.45) is 6.41. The largest absolute Gasteiger partial charge is 0.351 e. The summed E-state index contributed by atoms with van der Waals surface area (Å²) in [5.74, 6) is 1.20. The fourth-order valence-electron chi connectivity index (χ4n) is 3.45. The molecule has 1 amide bonds. The number of rotatable bonds is 6. The maximum absolute atomic E-state index is 12.3. The Bertz CT molecular complexity index is 766. The predicted octanol–water partition coefficient (Wildman–Crippen LogP) is 4.32. The lowest BCUT2D eigenvalue weighted by molar-refractivity contribution is 0.0939. The van der Waals surface area contributed by atoms with E-state index in [2.05, 4.69) is 21.3 Å².